The van der Waals surface area contributed by atoms with E-state index in [1.165, 1.54) is 23.9 Å². The van der Waals surface area contributed by atoms with Crippen LogP contribution < -0.4 is 10.0 Å². The van der Waals surface area contributed by atoms with Gasteiger partial charge in [-0.25, -0.2) is 13.6 Å². The van der Waals surface area contributed by atoms with Crippen molar-refractivity contribution >= 4 is 33.4 Å². The molecule has 26 heavy (non-hydrogen) atoms. The lowest BCUT2D eigenvalue weighted by molar-refractivity contribution is -0.116. The Morgan fingerprint density at radius 3 is 2.65 bits per heavy atom. The lowest BCUT2D eigenvalue weighted by atomic mass is 10.1. The van der Waals surface area contributed by atoms with Crippen molar-refractivity contribution in [3.8, 4) is 0 Å². The molecule has 138 valence electrons. The summed E-state index contributed by atoms with van der Waals surface area (Å²) in [6.07, 6.45) is -0.0148. The Hall–Kier alpha value is -1.87. The molecule has 0 saturated heterocycles. The maximum absolute atomic E-state index is 12.5. The largest absolute Gasteiger partial charge is 0.388 e. The van der Waals surface area contributed by atoms with E-state index in [9.17, 15) is 18.3 Å². The van der Waals surface area contributed by atoms with Gasteiger partial charge >= 0.3 is 0 Å². The SMILES string of the molecule is NS(=O)(=O)c1ccc2c(c1)CCN2C(=O)CSCC(O)c1ccccc1. The number of thioether (sulfide) groups is 1. The molecule has 0 aromatic heterocycles. The minimum atomic E-state index is -3.75. The van der Waals surface area contributed by atoms with Crippen molar-refractivity contribution in [3.05, 3.63) is 59.7 Å². The van der Waals surface area contributed by atoms with Crippen LogP contribution >= 0.6 is 11.8 Å². The van der Waals surface area contributed by atoms with Crippen molar-refractivity contribution in [3.63, 3.8) is 0 Å². The Labute approximate surface area is 157 Å². The van der Waals surface area contributed by atoms with E-state index < -0.39 is 16.1 Å². The normalized spacial score (nSPS) is 14.9. The van der Waals surface area contributed by atoms with Crippen molar-refractivity contribution in [2.45, 2.75) is 17.4 Å². The fraction of sp³-hybridized carbons (Fsp3) is 0.278. The van der Waals surface area contributed by atoms with Gasteiger partial charge in [-0.3, -0.25) is 4.79 Å². The summed E-state index contributed by atoms with van der Waals surface area (Å²) in [6.45, 7) is 0.518. The maximum atomic E-state index is 12.5. The molecule has 0 bridgehead atoms. The Morgan fingerprint density at radius 2 is 1.96 bits per heavy atom. The number of anilines is 1. The average molecular weight is 393 g/mol. The van der Waals surface area contributed by atoms with Crippen LogP contribution in [-0.4, -0.2) is 37.5 Å². The molecule has 2 aromatic carbocycles. The molecule has 1 aliphatic rings. The van der Waals surface area contributed by atoms with Gasteiger partial charge in [0.1, 0.15) is 0 Å². The minimum Gasteiger partial charge on any atom is -0.388 e. The number of benzene rings is 2. The first-order chi connectivity index (χ1) is 12.4. The lowest BCUT2D eigenvalue weighted by Gasteiger charge is -2.18. The molecular formula is C18H20N2O4S2. The predicted molar refractivity (Wildman–Crippen MR) is 103 cm³/mol. The second-order valence-corrected chi connectivity index (χ2v) is 8.66. The van der Waals surface area contributed by atoms with E-state index in [-0.39, 0.29) is 16.6 Å². The number of primary sulfonamides is 1. The molecule has 1 heterocycles. The highest BCUT2D eigenvalue weighted by Crippen LogP contribution is 2.30. The highest BCUT2D eigenvalue weighted by Gasteiger charge is 2.26. The summed E-state index contributed by atoms with van der Waals surface area (Å²) in [4.78, 5) is 14.2. The number of nitrogens with zero attached hydrogens (tertiary/aromatic N) is 1. The highest BCUT2D eigenvalue weighted by atomic mass is 32.2. The van der Waals surface area contributed by atoms with Gasteiger partial charge in [0.25, 0.3) is 0 Å². The van der Waals surface area contributed by atoms with Crippen LogP contribution in [-0.2, 0) is 21.2 Å². The van der Waals surface area contributed by atoms with Crippen LogP contribution in [0.25, 0.3) is 0 Å². The standard InChI is InChI=1S/C18H20N2O4S2/c19-26(23,24)15-6-7-16-14(10-15)8-9-20(16)18(22)12-25-11-17(21)13-4-2-1-3-5-13/h1-7,10,17,21H,8-9,11-12H2,(H2,19,23,24). The molecule has 0 aliphatic carbocycles. The van der Waals surface area contributed by atoms with E-state index in [1.807, 2.05) is 30.3 Å². The number of carbonyl (C=O) groups excluding carboxylic acids is 1. The van der Waals surface area contributed by atoms with Gasteiger partial charge in [-0.1, -0.05) is 30.3 Å². The Balaban J connectivity index is 1.59. The molecule has 0 saturated carbocycles. The van der Waals surface area contributed by atoms with E-state index in [0.29, 0.717) is 18.7 Å². The number of nitrogens with two attached hydrogens (primary N) is 1. The molecular weight excluding hydrogens is 372 g/mol. The van der Waals surface area contributed by atoms with Crippen molar-refractivity contribution in [1.29, 1.82) is 0 Å². The van der Waals surface area contributed by atoms with Crippen LogP contribution in [0, 0.1) is 0 Å². The van der Waals surface area contributed by atoms with Crippen LogP contribution in [0.5, 0.6) is 0 Å². The van der Waals surface area contributed by atoms with Crippen molar-refractivity contribution in [1.82, 2.24) is 0 Å². The van der Waals surface area contributed by atoms with Crippen molar-refractivity contribution in [2.75, 3.05) is 23.0 Å². The zero-order chi connectivity index (χ0) is 18.7. The second-order valence-electron chi connectivity index (χ2n) is 6.07. The summed E-state index contributed by atoms with van der Waals surface area (Å²) in [7, 11) is -3.75. The van der Waals surface area contributed by atoms with Gasteiger partial charge in [-0.05, 0) is 35.7 Å². The van der Waals surface area contributed by atoms with E-state index in [0.717, 1.165) is 16.8 Å². The minimum absolute atomic E-state index is 0.0580. The third-order valence-electron chi connectivity index (χ3n) is 4.26. The second kappa shape index (κ2) is 7.79. The van der Waals surface area contributed by atoms with Crippen LogP contribution in [0.4, 0.5) is 5.69 Å². The molecule has 0 fully saturated rings. The molecule has 0 spiro atoms. The Morgan fingerprint density at radius 1 is 1.23 bits per heavy atom. The van der Waals surface area contributed by atoms with Crippen LogP contribution in [0.2, 0.25) is 0 Å². The van der Waals surface area contributed by atoms with E-state index in [2.05, 4.69) is 0 Å². The number of hydrogen-bond donors (Lipinski definition) is 2. The number of aliphatic hydroxyl groups excluding tert-OH is 1. The molecule has 0 radical (unpaired) electrons. The highest BCUT2D eigenvalue weighted by molar-refractivity contribution is 8.00. The molecule has 1 unspecified atom stereocenters. The van der Waals surface area contributed by atoms with E-state index in [4.69, 9.17) is 5.14 Å². The number of fused-ring (bicyclic) bond motifs is 1. The summed E-state index contributed by atoms with van der Waals surface area (Å²) in [5.41, 5.74) is 2.36. The van der Waals surface area contributed by atoms with Gasteiger partial charge in [-0.15, -0.1) is 11.8 Å². The summed E-state index contributed by atoms with van der Waals surface area (Å²) in [5.74, 6) is 0.624. The monoisotopic (exact) mass is 392 g/mol. The first kappa shape index (κ1) is 18.9. The third-order valence-corrected chi connectivity index (χ3v) is 6.18. The van der Waals surface area contributed by atoms with Crippen molar-refractivity contribution < 1.29 is 18.3 Å². The van der Waals surface area contributed by atoms with Gasteiger partial charge in [-0.2, -0.15) is 0 Å². The maximum Gasteiger partial charge on any atom is 0.238 e. The summed E-state index contributed by atoms with van der Waals surface area (Å²) < 4.78 is 22.9. The van der Waals surface area contributed by atoms with E-state index in [1.54, 1.807) is 11.0 Å². The molecule has 1 amide bonds. The van der Waals surface area contributed by atoms with Gasteiger partial charge in [0.05, 0.1) is 16.8 Å². The molecule has 3 rings (SSSR count). The quantitative estimate of drug-likeness (QED) is 0.779. The van der Waals surface area contributed by atoms with Gasteiger partial charge in [0.15, 0.2) is 0 Å². The number of hydrogen-bond acceptors (Lipinski definition) is 5. The van der Waals surface area contributed by atoms with Gasteiger partial charge < -0.3 is 10.0 Å². The molecule has 8 heteroatoms. The average Bonchev–Trinajstić information content (AvgIpc) is 3.05. The third kappa shape index (κ3) is 4.27. The molecule has 3 N–H and O–H groups in total. The number of carbonyl (C=O) groups is 1. The van der Waals surface area contributed by atoms with E-state index >= 15 is 0 Å². The predicted octanol–water partition coefficient (Wildman–Crippen LogP) is 1.69. The van der Waals surface area contributed by atoms with Crippen molar-refractivity contribution in [2.24, 2.45) is 5.14 Å². The first-order valence-corrected chi connectivity index (χ1v) is 10.8. The molecule has 1 atom stereocenters. The molecule has 2 aromatic rings. The number of rotatable bonds is 6. The van der Waals surface area contributed by atoms with Crippen LogP contribution in [0.3, 0.4) is 0 Å². The Bertz CT molecular complexity index is 901. The summed E-state index contributed by atoms with van der Waals surface area (Å²) >= 11 is 1.38. The van der Waals surface area contributed by atoms with Crippen LogP contribution in [0.1, 0.15) is 17.2 Å². The summed E-state index contributed by atoms with van der Waals surface area (Å²) in [6, 6.07) is 13.9. The number of sulfonamides is 1. The fourth-order valence-electron chi connectivity index (χ4n) is 2.92. The smallest absolute Gasteiger partial charge is 0.238 e. The number of aliphatic hydroxyl groups is 1. The fourth-order valence-corrected chi connectivity index (χ4v) is 4.35. The molecule has 1 aliphatic heterocycles. The first-order valence-electron chi connectivity index (χ1n) is 8.13. The Kier molecular flexibility index (Phi) is 5.67. The zero-order valence-electron chi connectivity index (χ0n) is 14.0. The molecule has 6 nitrogen and oxygen atoms in total. The topological polar surface area (TPSA) is 101 Å². The zero-order valence-corrected chi connectivity index (χ0v) is 15.7. The van der Waals surface area contributed by atoms with Crippen LogP contribution in [0.15, 0.2) is 53.4 Å². The lowest BCUT2D eigenvalue weighted by Crippen LogP contribution is -2.30. The summed E-state index contributed by atoms with van der Waals surface area (Å²) in [5, 5.41) is 15.3. The number of amides is 1. The van der Waals surface area contributed by atoms with Gasteiger partial charge in [0.2, 0.25) is 15.9 Å². The van der Waals surface area contributed by atoms with Gasteiger partial charge in [0, 0.05) is 18.0 Å².